The molecule has 0 saturated carbocycles. The minimum atomic E-state index is -0.805. The number of hydrazone groups is 1. The average Bonchev–Trinajstić information content (AvgIpc) is 3.02. The summed E-state index contributed by atoms with van der Waals surface area (Å²) in [4.78, 5) is 24.1. The van der Waals surface area contributed by atoms with Gasteiger partial charge in [-0.1, -0.05) is 48.5 Å². The van der Waals surface area contributed by atoms with Crippen molar-refractivity contribution in [2.45, 2.75) is 26.8 Å². The first-order valence-corrected chi connectivity index (χ1v) is 9.40. The van der Waals surface area contributed by atoms with Crippen LogP contribution in [0.2, 0.25) is 0 Å². The lowest BCUT2D eigenvalue weighted by Crippen LogP contribution is -2.39. The van der Waals surface area contributed by atoms with E-state index >= 15 is 0 Å². The fraction of sp³-hybridized carbons (Fsp3) is 0.174. The van der Waals surface area contributed by atoms with Gasteiger partial charge in [-0.3, -0.25) is 9.59 Å². The third kappa shape index (κ3) is 4.79. The van der Waals surface area contributed by atoms with Crippen molar-refractivity contribution >= 4 is 18.0 Å². The molecule has 2 aromatic carbocycles. The van der Waals surface area contributed by atoms with E-state index in [1.165, 1.54) is 0 Å². The fourth-order valence-corrected chi connectivity index (χ4v) is 3.19. The molecule has 1 atom stereocenters. The van der Waals surface area contributed by atoms with E-state index in [1.54, 1.807) is 6.21 Å². The zero-order chi connectivity index (χ0) is 20.8. The van der Waals surface area contributed by atoms with Crippen molar-refractivity contribution in [3.63, 3.8) is 0 Å². The fourth-order valence-electron chi connectivity index (χ4n) is 3.19. The standard InChI is InChI=1S/C23H24N4O2/c1-16-14-20(18(3)27(16)21-12-8-5-9-13-21)15-24-26-23(29)22(28)25-17(2)19-10-6-4-7-11-19/h4-15,17H,1-3H3,(H,25,28)(H,26,29)/b24-15-/t17-/m1/s1. The molecule has 29 heavy (non-hydrogen) atoms. The molecule has 0 aliphatic rings. The molecule has 0 saturated heterocycles. The number of aryl methyl sites for hydroxylation is 1. The highest BCUT2D eigenvalue weighted by Gasteiger charge is 2.16. The first-order chi connectivity index (χ1) is 14.0. The molecule has 0 bridgehead atoms. The molecule has 1 aromatic heterocycles. The van der Waals surface area contributed by atoms with E-state index in [4.69, 9.17) is 0 Å². The van der Waals surface area contributed by atoms with Crippen molar-refractivity contribution < 1.29 is 9.59 Å². The lowest BCUT2D eigenvalue weighted by molar-refractivity contribution is -0.139. The van der Waals surface area contributed by atoms with Gasteiger partial charge in [0, 0.05) is 22.6 Å². The number of aromatic nitrogens is 1. The highest BCUT2D eigenvalue weighted by Crippen LogP contribution is 2.19. The number of hydrogen-bond donors (Lipinski definition) is 2. The third-order valence-electron chi connectivity index (χ3n) is 4.71. The average molecular weight is 388 g/mol. The highest BCUT2D eigenvalue weighted by molar-refractivity contribution is 6.35. The van der Waals surface area contributed by atoms with Gasteiger partial charge in [-0.05, 0) is 44.5 Å². The molecule has 2 amide bonds. The summed E-state index contributed by atoms with van der Waals surface area (Å²) in [5.74, 6) is -1.53. The summed E-state index contributed by atoms with van der Waals surface area (Å²) in [6.07, 6.45) is 1.55. The van der Waals surface area contributed by atoms with Gasteiger partial charge in [0.05, 0.1) is 12.3 Å². The number of nitrogens with zero attached hydrogens (tertiary/aromatic N) is 2. The molecule has 0 radical (unpaired) electrons. The molecule has 0 aliphatic heterocycles. The van der Waals surface area contributed by atoms with E-state index in [9.17, 15) is 9.59 Å². The van der Waals surface area contributed by atoms with E-state index in [2.05, 4.69) is 20.4 Å². The maximum atomic E-state index is 12.1. The summed E-state index contributed by atoms with van der Waals surface area (Å²) >= 11 is 0. The molecule has 6 nitrogen and oxygen atoms in total. The SMILES string of the molecule is Cc1cc(/C=N\NC(=O)C(=O)N[C@H](C)c2ccccc2)c(C)n1-c1ccccc1. The van der Waals surface area contributed by atoms with Crippen LogP contribution < -0.4 is 10.7 Å². The van der Waals surface area contributed by atoms with Gasteiger partial charge in [0.2, 0.25) is 0 Å². The lowest BCUT2D eigenvalue weighted by Gasteiger charge is -2.13. The number of rotatable bonds is 5. The van der Waals surface area contributed by atoms with Crippen LogP contribution in [0, 0.1) is 13.8 Å². The first-order valence-electron chi connectivity index (χ1n) is 9.40. The number of amides is 2. The van der Waals surface area contributed by atoms with Gasteiger partial charge in [-0.15, -0.1) is 0 Å². The predicted molar refractivity (Wildman–Crippen MR) is 114 cm³/mol. The monoisotopic (exact) mass is 388 g/mol. The minimum absolute atomic E-state index is 0.275. The second-order valence-corrected chi connectivity index (χ2v) is 6.80. The molecule has 148 valence electrons. The van der Waals surface area contributed by atoms with E-state index in [1.807, 2.05) is 87.5 Å². The predicted octanol–water partition coefficient (Wildman–Crippen LogP) is 3.42. The first kappa shape index (κ1) is 20.1. The number of carbonyl (C=O) groups is 2. The Morgan fingerprint density at radius 2 is 1.59 bits per heavy atom. The summed E-state index contributed by atoms with van der Waals surface area (Å²) in [5, 5.41) is 6.61. The Hall–Kier alpha value is -3.67. The number of para-hydroxylation sites is 1. The number of benzene rings is 2. The topological polar surface area (TPSA) is 75.5 Å². The number of hydrogen-bond acceptors (Lipinski definition) is 3. The summed E-state index contributed by atoms with van der Waals surface area (Å²) < 4.78 is 2.11. The normalized spacial score (nSPS) is 12.0. The molecule has 0 unspecified atom stereocenters. The van der Waals surface area contributed by atoms with Gasteiger partial charge in [0.1, 0.15) is 0 Å². The highest BCUT2D eigenvalue weighted by atomic mass is 16.2. The Labute approximate surface area is 170 Å². The molecule has 2 N–H and O–H groups in total. The molecule has 0 fully saturated rings. The Balaban J connectivity index is 1.62. The van der Waals surface area contributed by atoms with Crippen LogP contribution in [0.15, 0.2) is 71.8 Å². The zero-order valence-electron chi connectivity index (χ0n) is 16.7. The Bertz CT molecular complexity index is 1020. The third-order valence-corrected chi connectivity index (χ3v) is 4.71. The quantitative estimate of drug-likeness (QED) is 0.399. The van der Waals surface area contributed by atoms with Gasteiger partial charge in [0.15, 0.2) is 0 Å². The van der Waals surface area contributed by atoms with Gasteiger partial charge in [0.25, 0.3) is 0 Å². The van der Waals surface area contributed by atoms with Crippen molar-refractivity contribution in [1.82, 2.24) is 15.3 Å². The zero-order valence-corrected chi connectivity index (χ0v) is 16.7. The van der Waals surface area contributed by atoms with E-state index in [-0.39, 0.29) is 6.04 Å². The molecular formula is C23H24N4O2. The van der Waals surface area contributed by atoms with E-state index in [0.717, 1.165) is 28.2 Å². The molecule has 0 aliphatic carbocycles. The summed E-state index contributed by atoms with van der Waals surface area (Å²) in [7, 11) is 0. The van der Waals surface area contributed by atoms with Crippen molar-refractivity contribution in [2.24, 2.45) is 5.10 Å². The Morgan fingerprint density at radius 3 is 2.24 bits per heavy atom. The number of nitrogens with one attached hydrogen (secondary N) is 2. The van der Waals surface area contributed by atoms with Crippen molar-refractivity contribution in [2.75, 3.05) is 0 Å². The second-order valence-electron chi connectivity index (χ2n) is 6.80. The Morgan fingerprint density at radius 1 is 0.966 bits per heavy atom. The lowest BCUT2D eigenvalue weighted by atomic mass is 10.1. The van der Waals surface area contributed by atoms with Crippen LogP contribution in [0.4, 0.5) is 0 Å². The van der Waals surface area contributed by atoms with Crippen LogP contribution in [0.5, 0.6) is 0 Å². The summed E-state index contributed by atoms with van der Waals surface area (Å²) in [5.41, 5.74) is 7.18. The van der Waals surface area contributed by atoms with Crippen LogP contribution in [0.1, 0.15) is 35.5 Å². The smallest absolute Gasteiger partial charge is 0.329 e. The molecule has 3 rings (SSSR count). The maximum Gasteiger partial charge on any atom is 0.329 e. The van der Waals surface area contributed by atoms with E-state index in [0.29, 0.717) is 0 Å². The van der Waals surface area contributed by atoms with Crippen LogP contribution in [0.25, 0.3) is 5.69 Å². The van der Waals surface area contributed by atoms with Gasteiger partial charge in [-0.25, -0.2) is 5.43 Å². The van der Waals surface area contributed by atoms with Crippen LogP contribution >= 0.6 is 0 Å². The van der Waals surface area contributed by atoms with Crippen LogP contribution in [-0.4, -0.2) is 22.6 Å². The van der Waals surface area contributed by atoms with Crippen LogP contribution in [0.3, 0.4) is 0 Å². The van der Waals surface area contributed by atoms with E-state index < -0.39 is 11.8 Å². The molecule has 6 heteroatoms. The maximum absolute atomic E-state index is 12.1. The largest absolute Gasteiger partial charge is 0.341 e. The van der Waals surface area contributed by atoms with Crippen LogP contribution in [-0.2, 0) is 9.59 Å². The van der Waals surface area contributed by atoms with Crippen molar-refractivity contribution in [1.29, 1.82) is 0 Å². The number of carbonyl (C=O) groups excluding carboxylic acids is 2. The second kappa shape index (κ2) is 9.01. The van der Waals surface area contributed by atoms with Gasteiger partial charge < -0.3 is 9.88 Å². The molecule has 3 aromatic rings. The molecular weight excluding hydrogens is 364 g/mol. The van der Waals surface area contributed by atoms with Crippen molar-refractivity contribution in [3.8, 4) is 5.69 Å². The van der Waals surface area contributed by atoms with Gasteiger partial charge >= 0.3 is 11.8 Å². The molecule has 1 heterocycles. The summed E-state index contributed by atoms with van der Waals surface area (Å²) in [6.45, 7) is 5.81. The summed E-state index contributed by atoms with van der Waals surface area (Å²) in [6, 6.07) is 21.2. The van der Waals surface area contributed by atoms with Crippen molar-refractivity contribution in [3.05, 3.63) is 89.2 Å². The minimum Gasteiger partial charge on any atom is -0.341 e. The van der Waals surface area contributed by atoms with Gasteiger partial charge in [-0.2, -0.15) is 5.10 Å². The Kier molecular flexibility index (Phi) is 6.24. The molecule has 0 spiro atoms.